The van der Waals surface area contributed by atoms with Gasteiger partial charge in [-0.3, -0.25) is 0 Å². The van der Waals surface area contributed by atoms with Gasteiger partial charge in [0.1, 0.15) is 0 Å². The molecule has 0 bridgehead atoms. The van der Waals surface area contributed by atoms with E-state index in [1.54, 1.807) is 11.3 Å². The third kappa shape index (κ3) is 1.72. The van der Waals surface area contributed by atoms with Crippen molar-refractivity contribution in [2.75, 3.05) is 0 Å². The van der Waals surface area contributed by atoms with Gasteiger partial charge in [0.15, 0.2) is 0 Å². The molecule has 1 heterocycles. The summed E-state index contributed by atoms with van der Waals surface area (Å²) in [6.07, 6.45) is 0. The Hall–Kier alpha value is -0.0300. The van der Waals surface area contributed by atoms with Crippen molar-refractivity contribution < 1.29 is 5.11 Å². The molecule has 2 rings (SSSR count). The number of thiol groups is 1. The highest BCUT2D eigenvalue weighted by Gasteiger charge is 2.07. The van der Waals surface area contributed by atoms with Crippen LogP contribution in [0.4, 0.5) is 0 Å². The van der Waals surface area contributed by atoms with E-state index in [9.17, 15) is 0 Å². The molecule has 1 N–H and O–H groups in total. The lowest BCUT2D eigenvalue weighted by Gasteiger charge is -2.01. The monoisotopic (exact) mass is 288 g/mol. The Morgan fingerprint density at radius 3 is 2.79 bits per heavy atom. The Labute approximate surface area is 100 Å². The number of halogens is 1. The zero-order valence-corrected chi connectivity index (χ0v) is 10.6. The van der Waals surface area contributed by atoms with Crippen molar-refractivity contribution in [2.24, 2.45) is 0 Å². The Bertz CT molecular complexity index is 464. The Morgan fingerprint density at radius 1 is 1.36 bits per heavy atom. The van der Waals surface area contributed by atoms with E-state index < -0.39 is 0 Å². The van der Waals surface area contributed by atoms with Gasteiger partial charge < -0.3 is 5.11 Å². The molecule has 4 heteroatoms. The van der Waals surface area contributed by atoms with E-state index in [2.05, 4.69) is 34.6 Å². The summed E-state index contributed by atoms with van der Waals surface area (Å²) in [6.45, 7) is 0.0962. The fourth-order valence-electron chi connectivity index (χ4n) is 1.47. The van der Waals surface area contributed by atoms with Gasteiger partial charge in [-0.05, 0) is 34.0 Å². The minimum Gasteiger partial charge on any atom is -0.392 e. The Balaban J connectivity index is 2.76. The molecule has 0 radical (unpaired) electrons. The zero-order valence-electron chi connectivity index (χ0n) is 7.33. The van der Waals surface area contributed by atoms with Crippen molar-refractivity contribution in [3.8, 4) is 0 Å². The molecule has 0 spiro atoms. The first-order chi connectivity index (χ1) is 6.76. The topological polar surface area (TPSA) is 20.2 Å². The van der Waals surface area contributed by atoms with Gasteiger partial charge in [-0.25, -0.2) is 0 Å². The number of fused-ring (bicyclic) bond motifs is 1. The molecule has 1 aromatic carbocycles. The molecule has 14 heavy (non-hydrogen) atoms. The van der Waals surface area contributed by atoms with Crippen molar-refractivity contribution in [2.45, 2.75) is 16.8 Å². The normalized spacial score (nSPS) is 11.1. The first-order valence-corrected chi connectivity index (χ1v) is 6.60. The standard InChI is InChI=1S/C10H9BrOS2/c11-3-6-1-8(13)2-9-7(4-12)5-14-10(6)9/h1-2,5,12-13H,3-4H2. The average molecular weight is 289 g/mol. The first-order valence-electron chi connectivity index (χ1n) is 4.15. The van der Waals surface area contributed by atoms with E-state index in [1.165, 1.54) is 10.3 Å². The van der Waals surface area contributed by atoms with Crippen molar-refractivity contribution in [1.29, 1.82) is 0 Å². The average Bonchev–Trinajstić information content (AvgIpc) is 2.59. The van der Waals surface area contributed by atoms with E-state index >= 15 is 0 Å². The van der Waals surface area contributed by atoms with Gasteiger partial charge in [0.25, 0.3) is 0 Å². The molecule has 2 aromatic rings. The Kier molecular flexibility index (Phi) is 3.17. The third-order valence-corrected chi connectivity index (χ3v) is 4.11. The van der Waals surface area contributed by atoms with Crippen LogP contribution in [-0.2, 0) is 11.9 Å². The summed E-state index contributed by atoms with van der Waals surface area (Å²) in [5, 5.41) is 13.1. The van der Waals surface area contributed by atoms with Gasteiger partial charge >= 0.3 is 0 Å². The van der Waals surface area contributed by atoms with Crippen molar-refractivity contribution in [3.05, 3.63) is 28.6 Å². The van der Waals surface area contributed by atoms with E-state index in [0.29, 0.717) is 0 Å². The minimum absolute atomic E-state index is 0.0962. The maximum atomic E-state index is 9.15. The van der Waals surface area contributed by atoms with Gasteiger partial charge in [-0.1, -0.05) is 15.9 Å². The van der Waals surface area contributed by atoms with Crippen LogP contribution in [0, 0.1) is 0 Å². The van der Waals surface area contributed by atoms with Crippen molar-refractivity contribution in [1.82, 2.24) is 0 Å². The van der Waals surface area contributed by atoms with E-state index in [4.69, 9.17) is 5.11 Å². The molecular weight excluding hydrogens is 280 g/mol. The van der Waals surface area contributed by atoms with Crippen LogP contribution in [0.2, 0.25) is 0 Å². The smallest absolute Gasteiger partial charge is 0.0696 e. The second-order valence-electron chi connectivity index (χ2n) is 3.03. The molecule has 0 aliphatic rings. The van der Waals surface area contributed by atoms with E-state index in [1.807, 2.05) is 11.4 Å². The maximum Gasteiger partial charge on any atom is 0.0696 e. The number of aliphatic hydroxyl groups excluding tert-OH is 1. The summed E-state index contributed by atoms with van der Waals surface area (Å²) in [5.74, 6) is 0. The molecule has 0 aliphatic carbocycles. The van der Waals surface area contributed by atoms with Crippen LogP contribution in [0.1, 0.15) is 11.1 Å². The maximum absolute atomic E-state index is 9.15. The van der Waals surface area contributed by atoms with Gasteiger partial charge in [0, 0.05) is 14.9 Å². The SMILES string of the molecule is OCc1csc2c(CBr)cc(S)cc12. The number of rotatable bonds is 2. The lowest BCUT2D eigenvalue weighted by Crippen LogP contribution is -1.82. The number of hydrogen-bond donors (Lipinski definition) is 2. The summed E-state index contributed by atoms with van der Waals surface area (Å²) < 4.78 is 1.24. The molecule has 0 saturated carbocycles. The summed E-state index contributed by atoms with van der Waals surface area (Å²) in [7, 11) is 0. The predicted molar refractivity (Wildman–Crippen MR) is 67.6 cm³/mol. The molecule has 0 aliphatic heterocycles. The number of alkyl halides is 1. The predicted octanol–water partition coefficient (Wildman–Crippen LogP) is 3.58. The van der Waals surface area contributed by atoms with E-state index in [0.717, 1.165) is 21.2 Å². The first kappa shape index (κ1) is 10.5. The second-order valence-corrected chi connectivity index (χ2v) is 4.99. The van der Waals surface area contributed by atoms with Crippen LogP contribution in [0.15, 0.2) is 22.4 Å². The zero-order chi connectivity index (χ0) is 10.1. The fraction of sp³-hybridized carbons (Fsp3) is 0.200. The van der Waals surface area contributed by atoms with Crippen LogP contribution in [0.25, 0.3) is 10.1 Å². The van der Waals surface area contributed by atoms with Gasteiger partial charge in [-0.2, -0.15) is 0 Å². The highest BCUT2D eigenvalue weighted by Crippen LogP contribution is 2.32. The largest absolute Gasteiger partial charge is 0.392 e. The second kappa shape index (κ2) is 4.23. The molecular formula is C10H9BrOS2. The van der Waals surface area contributed by atoms with Crippen LogP contribution >= 0.6 is 39.9 Å². The van der Waals surface area contributed by atoms with Gasteiger partial charge in [0.2, 0.25) is 0 Å². The lowest BCUT2D eigenvalue weighted by molar-refractivity contribution is 0.284. The third-order valence-electron chi connectivity index (χ3n) is 2.13. The minimum atomic E-state index is 0.0962. The number of benzene rings is 1. The summed E-state index contributed by atoms with van der Waals surface area (Å²) in [4.78, 5) is 0.944. The van der Waals surface area contributed by atoms with Crippen molar-refractivity contribution >= 4 is 50.0 Å². The molecule has 74 valence electrons. The quantitative estimate of drug-likeness (QED) is 0.639. The molecule has 0 fully saturated rings. The molecule has 0 atom stereocenters. The molecule has 0 saturated heterocycles. The molecule has 1 aromatic heterocycles. The lowest BCUT2D eigenvalue weighted by atomic mass is 10.1. The van der Waals surface area contributed by atoms with Crippen LogP contribution in [0.5, 0.6) is 0 Å². The van der Waals surface area contributed by atoms with Gasteiger partial charge in [0.05, 0.1) is 6.61 Å². The van der Waals surface area contributed by atoms with Crippen LogP contribution in [-0.4, -0.2) is 5.11 Å². The van der Waals surface area contributed by atoms with E-state index in [-0.39, 0.29) is 6.61 Å². The highest BCUT2D eigenvalue weighted by molar-refractivity contribution is 9.08. The number of hydrogen-bond acceptors (Lipinski definition) is 3. The molecule has 1 nitrogen and oxygen atoms in total. The number of thiophene rings is 1. The summed E-state index contributed by atoms with van der Waals surface area (Å²) in [5.41, 5.74) is 2.22. The molecule has 0 amide bonds. The highest BCUT2D eigenvalue weighted by atomic mass is 79.9. The number of aliphatic hydroxyl groups is 1. The van der Waals surface area contributed by atoms with Crippen LogP contribution < -0.4 is 0 Å². The van der Waals surface area contributed by atoms with Crippen molar-refractivity contribution in [3.63, 3.8) is 0 Å². The van der Waals surface area contributed by atoms with Gasteiger partial charge in [-0.15, -0.1) is 24.0 Å². The summed E-state index contributed by atoms with van der Waals surface area (Å²) in [6, 6.07) is 4.06. The Morgan fingerprint density at radius 2 is 2.14 bits per heavy atom. The summed E-state index contributed by atoms with van der Waals surface area (Å²) >= 11 is 9.48. The molecule has 0 unspecified atom stereocenters. The van der Waals surface area contributed by atoms with Crippen LogP contribution in [0.3, 0.4) is 0 Å². The fourth-order valence-corrected chi connectivity index (χ4v) is 3.44.